The van der Waals surface area contributed by atoms with E-state index in [1.165, 1.54) is 25.3 Å². The fraction of sp³-hybridized carbons (Fsp3) is 0.217. The van der Waals surface area contributed by atoms with E-state index in [9.17, 15) is 14.7 Å². The molecule has 0 aliphatic rings. The highest BCUT2D eigenvalue weighted by atomic mass is 16.5. The molecule has 152 valence electrons. The summed E-state index contributed by atoms with van der Waals surface area (Å²) >= 11 is 0. The lowest BCUT2D eigenvalue weighted by Gasteiger charge is -2.14. The molecule has 0 unspecified atom stereocenters. The van der Waals surface area contributed by atoms with Crippen LogP contribution < -0.4 is 14.4 Å². The van der Waals surface area contributed by atoms with Gasteiger partial charge in [-0.05, 0) is 48.1 Å². The van der Waals surface area contributed by atoms with Crippen LogP contribution in [0.15, 0.2) is 48.6 Å². The maximum Gasteiger partial charge on any atom is 0.163 e. The molecule has 2 rings (SSSR count). The number of ketones is 2. The van der Waals surface area contributed by atoms with Crippen LogP contribution in [-0.4, -0.2) is 45.0 Å². The van der Waals surface area contributed by atoms with E-state index >= 15 is 0 Å². The predicted molar refractivity (Wildman–Crippen MR) is 115 cm³/mol. The molecule has 0 heterocycles. The van der Waals surface area contributed by atoms with Gasteiger partial charge in [-0.2, -0.15) is 0 Å². The van der Waals surface area contributed by atoms with Gasteiger partial charge in [0.1, 0.15) is 5.75 Å². The summed E-state index contributed by atoms with van der Waals surface area (Å²) in [7, 11) is 6.88. The maximum absolute atomic E-state index is 12.1. The summed E-state index contributed by atoms with van der Waals surface area (Å²) in [4.78, 5) is 26.1. The number of hydrogen-bond acceptors (Lipinski definition) is 6. The highest BCUT2D eigenvalue weighted by Crippen LogP contribution is 2.27. The van der Waals surface area contributed by atoms with E-state index in [1.54, 1.807) is 31.4 Å². The first kappa shape index (κ1) is 21.8. The number of nitrogens with zero attached hydrogens (tertiary/aromatic N) is 1. The molecule has 0 bridgehead atoms. The van der Waals surface area contributed by atoms with Crippen molar-refractivity contribution in [2.24, 2.45) is 0 Å². The molecular formula is C23H25NO5. The molecule has 0 aliphatic heterocycles. The minimum atomic E-state index is -0.318. The Labute approximate surface area is 170 Å². The van der Waals surface area contributed by atoms with Crippen molar-refractivity contribution in [3.8, 4) is 17.2 Å². The Bertz CT molecular complexity index is 944. The number of carbonyl (C=O) groups is 2. The Hall–Kier alpha value is -3.54. The summed E-state index contributed by atoms with van der Waals surface area (Å²) in [5, 5.41) is 9.58. The normalized spacial score (nSPS) is 11.0. The average molecular weight is 395 g/mol. The number of aromatic hydroxyl groups is 1. The molecule has 2 aromatic rings. The van der Waals surface area contributed by atoms with Crippen LogP contribution in [0.3, 0.4) is 0 Å². The van der Waals surface area contributed by atoms with Gasteiger partial charge in [0.15, 0.2) is 23.1 Å². The Balaban J connectivity index is 2.00. The number of carbonyl (C=O) groups excluding carboxylic acids is 2. The average Bonchev–Trinajstić information content (AvgIpc) is 2.71. The molecular weight excluding hydrogens is 370 g/mol. The fourth-order valence-corrected chi connectivity index (χ4v) is 2.58. The number of allylic oxidation sites excluding steroid dienone is 2. The highest BCUT2D eigenvalue weighted by molar-refractivity contribution is 6.11. The van der Waals surface area contributed by atoms with E-state index in [4.69, 9.17) is 9.47 Å². The zero-order valence-corrected chi connectivity index (χ0v) is 17.0. The number of methoxy groups -OCH3 is 2. The molecule has 29 heavy (non-hydrogen) atoms. The summed E-state index contributed by atoms with van der Waals surface area (Å²) in [5.74, 6) is 0.356. The Kier molecular flexibility index (Phi) is 7.60. The largest absolute Gasteiger partial charge is 0.504 e. The zero-order chi connectivity index (χ0) is 21.4. The molecule has 2 aromatic carbocycles. The second-order valence-electron chi connectivity index (χ2n) is 6.53. The second kappa shape index (κ2) is 10.1. The quantitative estimate of drug-likeness (QED) is 0.515. The van der Waals surface area contributed by atoms with Gasteiger partial charge in [-0.15, -0.1) is 0 Å². The fourth-order valence-electron chi connectivity index (χ4n) is 2.58. The Morgan fingerprint density at radius 3 is 2.21 bits per heavy atom. The third-order valence-corrected chi connectivity index (χ3v) is 4.20. The first-order valence-corrected chi connectivity index (χ1v) is 8.98. The minimum absolute atomic E-state index is 0.0188. The molecule has 6 nitrogen and oxygen atoms in total. The summed E-state index contributed by atoms with van der Waals surface area (Å²) in [6.07, 6.45) is 5.69. The van der Waals surface area contributed by atoms with Gasteiger partial charge >= 0.3 is 0 Å². The van der Waals surface area contributed by atoms with E-state index in [1.807, 2.05) is 37.2 Å². The molecule has 0 atom stereocenters. The standard InChI is InChI=1S/C23H25NO5/c1-24(2)18-9-7-17(22(14-18)28-3)8-11-20(26)15-19(25)10-5-16-6-12-21(27)23(13-16)29-4/h5-14,27H,15H2,1-4H3. The third-order valence-electron chi connectivity index (χ3n) is 4.20. The molecule has 0 spiro atoms. The van der Waals surface area contributed by atoms with Crippen molar-refractivity contribution in [3.63, 3.8) is 0 Å². The van der Waals surface area contributed by atoms with Gasteiger partial charge < -0.3 is 19.5 Å². The van der Waals surface area contributed by atoms with E-state index in [-0.39, 0.29) is 23.7 Å². The van der Waals surface area contributed by atoms with Gasteiger partial charge in [0, 0.05) is 31.4 Å². The van der Waals surface area contributed by atoms with E-state index in [0.717, 1.165) is 11.3 Å². The zero-order valence-electron chi connectivity index (χ0n) is 17.0. The minimum Gasteiger partial charge on any atom is -0.504 e. The maximum atomic E-state index is 12.1. The topological polar surface area (TPSA) is 76.1 Å². The monoisotopic (exact) mass is 395 g/mol. The number of hydrogen-bond donors (Lipinski definition) is 1. The first-order valence-electron chi connectivity index (χ1n) is 8.98. The molecule has 0 aromatic heterocycles. The van der Waals surface area contributed by atoms with E-state index < -0.39 is 0 Å². The SMILES string of the molecule is COc1cc(C=CC(=O)CC(=O)C=Cc2ccc(N(C)C)cc2OC)ccc1O. The molecule has 0 fully saturated rings. The van der Waals surface area contributed by atoms with Crippen LogP contribution in [0, 0.1) is 0 Å². The molecule has 0 saturated carbocycles. The summed E-state index contributed by atoms with van der Waals surface area (Å²) < 4.78 is 10.4. The van der Waals surface area contributed by atoms with Crippen LogP contribution in [0.4, 0.5) is 5.69 Å². The van der Waals surface area contributed by atoms with Crippen LogP contribution in [0.1, 0.15) is 17.5 Å². The third kappa shape index (κ3) is 6.24. The number of phenols is 1. The molecule has 6 heteroatoms. The lowest BCUT2D eigenvalue weighted by Crippen LogP contribution is -2.08. The van der Waals surface area contributed by atoms with E-state index in [2.05, 4.69) is 0 Å². The van der Waals surface area contributed by atoms with Crippen LogP contribution in [-0.2, 0) is 9.59 Å². The molecule has 0 saturated heterocycles. The van der Waals surface area contributed by atoms with Crippen LogP contribution in [0.5, 0.6) is 17.2 Å². The summed E-state index contributed by atoms with van der Waals surface area (Å²) in [6.45, 7) is 0. The van der Waals surface area contributed by atoms with Gasteiger partial charge in [0.2, 0.25) is 0 Å². The number of ether oxygens (including phenoxy) is 2. The number of anilines is 1. The van der Waals surface area contributed by atoms with Crippen molar-refractivity contribution in [1.29, 1.82) is 0 Å². The highest BCUT2D eigenvalue weighted by Gasteiger charge is 2.07. The Morgan fingerprint density at radius 2 is 1.59 bits per heavy atom. The van der Waals surface area contributed by atoms with Crippen molar-refractivity contribution in [2.45, 2.75) is 6.42 Å². The van der Waals surface area contributed by atoms with Crippen LogP contribution >= 0.6 is 0 Å². The summed E-state index contributed by atoms with van der Waals surface area (Å²) in [6, 6.07) is 10.4. The predicted octanol–water partition coefficient (Wildman–Crippen LogP) is 3.73. The van der Waals surface area contributed by atoms with Crippen molar-refractivity contribution >= 4 is 29.4 Å². The van der Waals surface area contributed by atoms with Crippen molar-refractivity contribution in [2.75, 3.05) is 33.2 Å². The van der Waals surface area contributed by atoms with Crippen molar-refractivity contribution < 1.29 is 24.2 Å². The number of phenolic OH excluding ortho intramolecular Hbond substituents is 1. The number of benzene rings is 2. The first-order chi connectivity index (χ1) is 13.8. The second-order valence-corrected chi connectivity index (χ2v) is 6.53. The smallest absolute Gasteiger partial charge is 0.163 e. The van der Waals surface area contributed by atoms with Crippen LogP contribution in [0.25, 0.3) is 12.2 Å². The van der Waals surface area contributed by atoms with Gasteiger partial charge in [-0.3, -0.25) is 9.59 Å². The van der Waals surface area contributed by atoms with Gasteiger partial charge in [0.25, 0.3) is 0 Å². The lowest BCUT2D eigenvalue weighted by molar-refractivity contribution is -0.121. The molecule has 0 amide bonds. The molecule has 0 radical (unpaired) electrons. The van der Waals surface area contributed by atoms with Gasteiger partial charge in [-0.25, -0.2) is 0 Å². The van der Waals surface area contributed by atoms with Crippen molar-refractivity contribution in [3.05, 3.63) is 59.7 Å². The summed E-state index contributed by atoms with van der Waals surface area (Å²) in [5.41, 5.74) is 2.42. The van der Waals surface area contributed by atoms with Gasteiger partial charge in [0.05, 0.1) is 20.6 Å². The molecule has 0 aliphatic carbocycles. The van der Waals surface area contributed by atoms with Crippen molar-refractivity contribution in [1.82, 2.24) is 0 Å². The van der Waals surface area contributed by atoms with E-state index in [0.29, 0.717) is 17.1 Å². The lowest BCUT2D eigenvalue weighted by atomic mass is 10.1. The Morgan fingerprint density at radius 1 is 0.931 bits per heavy atom. The van der Waals surface area contributed by atoms with Crippen LogP contribution in [0.2, 0.25) is 0 Å². The molecule has 1 N–H and O–H groups in total. The van der Waals surface area contributed by atoms with Gasteiger partial charge in [-0.1, -0.05) is 12.1 Å². The number of rotatable bonds is 9.